The monoisotopic (exact) mass is 300 g/mol. The van der Waals surface area contributed by atoms with Gasteiger partial charge in [-0.1, -0.05) is 32.0 Å². The van der Waals surface area contributed by atoms with E-state index in [0.717, 1.165) is 21.4 Å². The van der Waals surface area contributed by atoms with Gasteiger partial charge in [0.15, 0.2) is 0 Å². The second-order valence-electron chi connectivity index (χ2n) is 5.79. The van der Waals surface area contributed by atoms with Gasteiger partial charge >= 0.3 is 0 Å². The van der Waals surface area contributed by atoms with Gasteiger partial charge in [0.25, 0.3) is 0 Å². The molecule has 0 aliphatic rings. The summed E-state index contributed by atoms with van der Waals surface area (Å²) in [4.78, 5) is 3.83. The third kappa shape index (κ3) is 2.45. The predicted octanol–water partition coefficient (Wildman–Crippen LogP) is 4.34. The van der Waals surface area contributed by atoms with Crippen LogP contribution in [-0.4, -0.2) is 11.5 Å². The summed E-state index contributed by atoms with van der Waals surface area (Å²) in [5.41, 5.74) is 8.54. The standard InChI is InChI=1S/C17H17FN2S/c1-17(2,10-19)14-9-20-15(18)8-13(14)12-5-3-4-11-6-7-21-16(11)12/h3-9H,10,19H2,1-2H3. The Morgan fingerprint density at radius 3 is 2.81 bits per heavy atom. The lowest BCUT2D eigenvalue weighted by Gasteiger charge is -2.26. The Morgan fingerprint density at radius 1 is 1.24 bits per heavy atom. The van der Waals surface area contributed by atoms with E-state index in [1.807, 2.05) is 12.1 Å². The third-order valence-electron chi connectivity index (χ3n) is 3.88. The van der Waals surface area contributed by atoms with Crippen molar-refractivity contribution in [3.05, 3.63) is 53.4 Å². The van der Waals surface area contributed by atoms with Crippen molar-refractivity contribution in [2.45, 2.75) is 19.3 Å². The predicted molar refractivity (Wildman–Crippen MR) is 87.1 cm³/mol. The number of pyridine rings is 1. The van der Waals surface area contributed by atoms with Crippen LogP contribution < -0.4 is 5.73 Å². The SMILES string of the molecule is CC(C)(CN)c1cnc(F)cc1-c1cccc2ccsc12. The van der Waals surface area contributed by atoms with Crippen LogP contribution in [0.5, 0.6) is 0 Å². The molecule has 0 radical (unpaired) electrons. The molecule has 0 atom stereocenters. The van der Waals surface area contributed by atoms with E-state index in [2.05, 4.69) is 36.3 Å². The van der Waals surface area contributed by atoms with Crippen LogP contribution in [0.3, 0.4) is 0 Å². The summed E-state index contributed by atoms with van der Waals surface area (Å²) < 4.78 is 14.9. The van der Waals surface area contributed by atoms with Gasteiger partial charge in [0.2, 0.25) is 5.95 Å². The number of hydrogen-bond acceptors (Lipinski definition) is 3. The fourth-order valence-corrected chi connectivity index (χ4v) is 3.43. The molecule has 0 aliphatic carbocycles. The van der Waals surface area contributed by atoms with Crippen LogP contribution in [0.15, 0.2) is 41.9 Å². The van der Waals surface area contributed by atoms with Gasteiger partial charge in [0, 0.05) is 28.9 Å². The first-order valence-corrected chi connectivity index (χ1v) is 7.73. The van der Waals surface area contributed by atoms with Crippen LogP contribution in [0, 0.1) is 5.95 Å². The molecule has 2 nitrogen and oxygen atoms in total. The van der Waals surface area contributed by atoms with E-state index in [1.54, 1.807) is 17.5 Å². The normalized spacial score (nSPS) is 12.0. The highest BCUT2D eigenvalue weighted by Gasteiger charge is 2.24. The lowest BCUT2D eigenvalue weighted by molar-refractivity contribution is 0.529. The van der Waals surface area contributed by atoms with E-state index >= 15 is 0 Å². The van der Waals surface area contributed by atoms with Gasteiger partial charge in [0.05, 0.1) is 0 Å². The number of nitrogens with two attached hydrogens (primary N) is 1. The molecule has 0 aliphatic heterocycles. The Bertz CT molecular complexity index is 792. The van der Waals surface area contributed by atoms with Crippen molar-refractivity contribution in [3.63, 3.8) is 0 Å². The summed E-state index contributed by atoms with van der Waals surface area (Å²) in [6.45, 7) is 4.59. The first-order chi connectivity index (χ1) is 10.0. The number of rotatable bonds is 3. The minimum absolute atomic E-state index is 0.255. The molecule has 0 saturated heterocycles. The molecule has 0 spiro atoms. The third-order valence-corrected chi connectivity index (χ3v) is 4.84. The number of nitrogens with zero attached hydrogens (tertiary/aromatic N) is 1. The van der Waals surface area contributed by atoms with E-state index < -0.39 is 5.95 Å². The van der Waals surface area contributed by atoms with Gasteiger partial charge < -0.3 is 5.73 Å². The molecular weight excluding hydrogens is 283 g/mol. The van der Waals surface area contributed by atoms with E-state index in [0.29, 0.717) is 6.54 Å². The number of aromatic nitrogens is 1. The fourth-order valence-electron chi connectivity index (χ4n) is 2.51. The number of hydrogen-bond donors (Lipinski definition) is 1. The highest BCUT2D eigenvalue weighted by Crippen LogP contribution is 2.38. The van der Waals surface area contributed by atoms with Crippen molar-refractivity contribution in [2.24, 2.45) is 5.73 Å². The van der Waals surface area contributed by atoms with Crippen LogP contribution in [0.1, 0.15) is 19.4 Å². The van der Waals surface area contributed by atoms with Crippen molar-refractivity contribution in [1.29, 1.82) is 0 Å². The number of fused-ring (bicyclic) bond motifs is 1. The molecule has 0 fully saturated rings. The molecule has 21 heavy (non-hydrogen) atoms. The van der Waals surface area contributed by atoms with Crippen LogP contribution in [0.4, 0.5) is 4.39 Å². The molecule has 0 bridgehead atoms. The first kappa shape index (κ1) is 14.2. The molecule has 0 unspecified atom stereocenters. The average molecular weight is 300 g/mol. The molecule has 2 N–H and O–H groups in total. The highest BCUT2D eigenvalue weighted by molar-refractivity contribution is 7.17. The molecule has 108 valence electrons. The Morgan fingerprint density at radius 2 is 2.05 bits per heavy atom. The minimum Gasteiger partial charge on any atom is -0.330 e. The number of thiophene rings is 1. The summed E-state index contributed by atoms with van der Waals surface area (Å²) in [7, 11) is 0. The molecule has 0 saturated carbocycles. The Kier molecular flexibility index (Phi) is 3.51. The van der Waals surface area contributed by atoms with Crippen molar-refractivity contribution >= 4 is 21.4 Å². The average Bonchev–Trinajstić information content (AvgIpc) is 2.95. The summed E-state index contributed by atoms with van der Waals surface area (Å²) in [6, 6.07) is 9.70. The molecule has 4 heteroatoms. The fraction of sp³-hybridized carbons (Fsp3) is 0.235. The first-order valence-electron chi connectivity index (χ1n) is 6.85. The van der Waals surface area contributed by atoms with E-state index in [9.17, 15) is 4.39 Å². The van der Waals surface area contributed by atoms with Crippen molar-refractivity contribution in [1.82, 2.24) is 4.98 Å². The zero-order valence-electron chi connectivity index (χ0n) is 12.1. The van der Waals surface area contributed by atoms with Crippen molar-refractivity contribution < 1.29 is 4.39 Å². The van der Waals surface area contributed by atoms with E-state index in [-0.39, 0.29) is 5.41 Å². The van der Waals surface area contributed by atoms with Gasteiger partial charge in [-0.25, -0.2) is 4.98 Å². The van der Waals surface area contributed by atoms with Gasteiger partial charge in [0.1, 0.15) is 0 Å². The molecule has 3 aromatic rings. The Labute approximate surface area is 127 Å². The van der Waals surface area contributed by atoms with Crippen LogP contribution in [-0.2, 0) is 5.41 Å². The molecule has 0 amide bonds. The minimum atomic E-state index is -0.463. The van der Waals surface area contributed by atoms with Crippen molar-refractivity contribution in [3.8, 4) is 11.1 Å². The molecular formula is C17H17FN2S. The lowest BCUT2D eigenvalue weighted by Crippen LogP contribution is -2.29. The molecule has 2 aromatic heterocycles. The summed E-state index contributed by atoms with van der Waals surface area (Å²) in [5, 5.41) is 3.23. The summed E-state index contributed by atoms with van der Waals surface area (Å²) in [5.74, 6) is -0.463. The van der Waals surface area contributed by atoms with Crippen LogP contribution in [0.2, 0.25) is 0 Å². The smallest absolute Gasteiger partial charge is 0.213 e. The summed E-state index contributed by atoms with van der Waals surface area (Å²) >= 11 is 1.67. The van der Waals surface area contributed by atoms with Gasteiger partial charge in [-0.2, -0.15) is 4.39 Å². The van der Waals surface area contributed by atoms with E-state index in [1.165, 1.54) is 11.5 Å². The largest absolute Gasteiger partial charge is 0.330 e. The highest BCUT2D eigenvalue weighted by atomic mass is 32.1. The molecule has 1 aromatic carbocycles. The van der Waals surface area contributed by atoms with Gasteiger partial charge in [-0.15, -0.1) is 11.3 Å². The zero-order chi connectivity index (χ0) is 15.0. The molecule has 2 heterocycles. The van der Waals surface area contributed by atoms with Crippen LogP contribution >= 0.6 is 11.3 Å². The maximum Gasteiger partial charge on any atom is 0.213 e. The van der Waals surface area contributed by atoms with Crippen LogP contribution in [0.25, 0.3) is 21.2 Å². The maximum absolute atomic E-state index is 13.7. The quantitative estimate of drug-likeness (QED) is 0.731. The number of benzene rings is 1. The number of halogens is 1. The lowest BCUT2D eigenvalue weighted by atomic mass is 9.81. The molecule has 3 rings (SSSR count). The summed E-state index contributed by atoms with van der Waals surface area (Å²) in [6.07, 6.45) is 1.62. The Hall–Kier alpha value is -1.78. The second kappa shape index (κ2) is 5.20. The maximum atomic E-state index is 13.7. The van der Waals surface area contributed by atoms with Crippen molar-refractivity contribution in [2.75, 3.05) is 6.54 Å². The van der Waals surface area contributed by atoms with Gasteiger partial charge in [-0.3, -0.25) is 0 Å². The Balaban J connectivity index is 2.31. The topological polar surface area (TPSA) is 38.9 Å². The second-order valence-corrected chi connectivity index (χ2v) is 6.70. The van der Waals surface area contributed by atoms with Gasteiger partial charge in [-0.05, 0) is 33.5 Å². The van der Waals surface area contributed by atoms with E-state index in [4.69, 9.17) is 5.73 Å². The zero-order valence-corrected chi connectivity index (χ0v) is 12.9.